The zero-order valence-corrected chi connectivity index (χ0v) is 18.4. The van der Waals surface area contributed by atoms with Crippen LogP contribution in [0.5, 0.6) is 5.75 Å². The van der Waals surface area contributed by atoms with E-state index >= 15 is 0 Å². The van der Waals surface area contributed by atoms with E-state index in [-0.39, 0.29) is 30.0 Å². The largest absolute Gasteiger partial charge is 0.592 e. The molecular formula is C24H20F2N2O4S. The van der Waals surface area contributed by atoms with Crippen LogP contribution in [-0.4, -0.2) is 28.6 Å². The monoisotopic (exact) mass is 470 g/mol. The number of nitrogens with one attached hydrogen (secondary N) is 2. The fourth-order valence-corrected chi connectivity index (χ4v) is 4.71. The maximum absolute atomic E-state index is 13.5. The van der Waals surface area contributed by atoms with E-state index in [1.165, 1.54) is 24.3 Å². The van der Waals surface area contributed by atoms with E-state index in [1.54, 1.807) is 19.2 Å². The van der Waals surface area contributed by atoms with Crippen LogP contribution in [0.15, 0.2) is 60.7 Å². The van der Waals surface area contributed by atoms with Crippen molar-refractivity contribution in [2.75, 3.05) is 11.8 Å². The van der Waals surface area contributed by atoms with E-state index in [1.807, 2.05) is 12.1 Å². The van der Waals surface area contributed by atoms with Gasteiger partial charge < -0.3 is 14.6 Å². The van der Waals surface area contributed by atoms with Gasteiger partial charge in [-0.05, 0) is 53.6 Å². The normalized spacial score (nSPS) is 17.2. The molecule has 1 amide bonds. The van der Waals surface area contributed by atoms with Crippen LogP contribution in [0.4, 0.5) is 14.5 Å². The summed E-state index contributed by atoms with van der Waals surface area (Å²) < 4.78 is 47.2. The van der Waals surface area contributed by atoms with Gasteiger partial charge in [-0.1, -0.05) is 18.2 Å². The highest BCUT2D eigenvalue weighted by Crippen LogP contribution is 2.30. The molecule has 6 nitrogen and oxygen atoms in total. The number of carbonyl (C=O) groups is 2. The minimum absolute atomic E-state index is 0.0387. The summed E-state index contributed by atoms with van der Waals surface area (Å²) in [5, 5.41) is 1.80. The Morgan fingerprint density at radius 2 is 1.79 bits per heavy atom. The van der Waals surface area contributed by atoms with Gasteiger partial charge in [-0.3, -0.25) is 9.59 Å². The number of methoxy groups -OCH3 is 1. The van der Waals surface area contributed by atoms with Crippen LogP contribution in [-0.2, 0) is 24.3 Å². The first-order chi connectivity index (χ1) is 15.9. The molecular weight excluding hydrogens is 450 g/mol. The molecule has 3 aromatic carbocycles. The summed E-state index contributed by atoms with van der Waals surface area (Å²) in [6, 6.07) is 15.1. The Kier molecular flexibility index (Phi) is 6.62. The van der Waals surface area contributed by atoms with Crippen LogP contribution in [0.1, 0.15) is 31.8 Å². The zero-order valence-electron chi connectivity index (χ0n) is 17.6. The maximum Gasteiger partial charge on any atom is 0.251 e. The third-order valence-electron chi connectivity index (χ3n) is 5.33. The van der Waals surface area contributed by atoms with Crippen molar-refractivity contribution in [1.29, 1.82) is 0 Å². The van der Waals surface area contributed by atoms with Gasteiger partial charge in [0.05, 0.1) is 29.7 Å². The molecule has 0 spiro atoms. The molecule has 1 heterocycles. The molecule has 0 bridgehead atoms. The molecule has 2 N–H and O–H groups in total. The first-order valence-corrected chi connectivity index (χ1v) is 11.3. The number of anilines is 1. The molecule has 4 rings (SSSR count). The highest BCUT2D eigenvalue weighted by atomic mass is 32.2. The SMILES string of the molecule is COc1ccc(CNC(=O)c2ccc3c(c2)C(=O)C(Cc2ccc(F)c(F)c2)[S+]([O-])N3)cc1. The number of rotatable bonds is 6. The third kappa shape index (κ3) is 4.99. The molecule has 0 saturated heterocycles. The van der Waals surface area contributed by atoms with Gasteiger partial charge in [0.2, 0.25) is 11.0 Å². The average Bonchev–Trinajstić information content (AvgIpc) is 2.82. The molecule has 1 aliphatic heterocycles. The smallest absolute Gasteiger partial charge is 0.251 e. The van der Waals surface area contributed by atoms with E-state index in [4.69, 9.17) is 4.74 Å². The quantitative estimate of drug-likeness (QED) is 0.535. The predicted octanol–water partition coefficient (Wildman–Crippen LogP) is 3.79. The van der Waals surface area contributed by atoms with Crippen LogP contribution < -0.4 is 14.8 Å². The van der Waals surface area contributed by atoms with Crippen molar-refractivity contribution < 1.29 is 27.7 Å². The number of fused-ring (bicyclic) bond motifs is 1. The number of benzene rings is 3. The maximum atomic E-state index is 13.5. The molecule has 3 aromatic rings. The first kappa shape index (κ1) is 22.8. The van der Waals surface area contributed by atoms with Crippen molar-refractivity contribution in [2.24, 2.45) is 0 Å². The fourth-order valence-electron chi connectivity index (χ4n) is 3.51. The predicted molar refractivity (Wildman–Crippen MR) is 121 cm³/mol. The number of ketones is 1. The second-order valence-corrected chi connectivity index (χ2v) is 8.86. The molecule has 9 heteroatoms. The number of ether oxygens (including phenoxy) is 1. The molecule has 170 valence electrons. The van der Waals surface area contributed by atoms with Crippen LogP contribution in [0.3, 0.4) is 0 Å². The lowest BCUT2D eigenvalue weighted by molar-refractivity contribution is 0.0951. The van der Waals surface area contributed by atoms with E-state index in [0.29, 0.717) is 17.0 Å². The summed E-state index contributed by atoms with van der Waals surface area (Å²) in [6.07, 6.45) is -0.0387. The van der Waals surface area contributed by atoms with E-state index < -0.39 is 34.0 Å². The van der Waals surface area contributed by atoms with Crippen molar-refractivity contribution in [3.63, 3.8) is 0 Å². The van der Waals surface area contributed by atoms with Gasteiger partial charge in [0.1, 0.15) is 5.75 Å². The van der Waals surface area contributed by atoms with Gasteiger partial charge in [-0.15, -0.1) is 0 Å². The van der Waals surface area contributed by atoms with E-state index in [0.717, 1.165) is 17.7 Å². The van der Waals surface area contributed by atoms with Crippen LogP contribution in [0.25, 0.3) is 0 Å². The highest BCUT2D eigenvalue weighted by Gasteiger charge is 2.39. The summed E-state index contributed by atoms with van der Waals surface area (Å²) in [4.78, 5) is 25.7. The Labute approximate surface area is 192 Å². The lowest BCUT2D eigenvalue weighted by Gasteiger charge is -2.27. The second-order valence-electron chi connectivity index (χ2n) is 7.50. The Hall–Kier alpha value is -3.43. The standard InChI is InChI=1S/C24H20F2N2O4S/c1-32-17-6-2-14(3-7-17)13-27-24(30)16-5-9-21-18(12-16)23(29)22(33(31)28-21)11-15-4-8-19(25)20(26)10-15/h2-10,12,22,28H,11,13H2,1H3,(H,27,30). The Morgan fingerprint density at radius 1 is 1.06 bits per heavy atom. The topological polar surface area (TPSA) is 90.5 Å². The lowest BCUT2D eigenvalue weighted by Crippen LogP contribution is -2.41. The van der Waals surface area contributed by atoms with Crippen molar-refractivity contribution in [2.45, 2.75) is 18.2 Å². The van der Waals surface area contributed by atoms with E-state index in [9.17, 15) is 22.9 Å². The number of hydrogen-bond donors (Lipinski definition) is 2. The molecule has 33 heavy (non-hydrogen) atoms. The number of carbonyl (C=O) groups excluding carboxylic acids is 2. The molecule has 0 saturated carbocycles. The molecule has 2 atom stereocenters. The first-order valence-electron chi connectivity index (χ1n) is 10.1. The zero-order chi connectivity index (χ0) is 23.5. The molecule has 0 aliphatic carbocycles. The number of Topliss-reactive ketones (excluding diaryl/α,β-unsaturated/α-hetero) is 1. The molecule has 0 fully saturated rings. The number of halogens is 2. The van der Waals surface area contributed by atoms with Gasteiger partial charge in [-0.25, -0.2) is 13.5 Å². The molecule has 0 aromatic heterocycles. The second kappa shape index (κ2) is 9.60. The Morgan fingerprint density at radius 3 is 2.48 bits per heavy atom. The number of amides is 1. The van der Waals surface area contributed by atoms with Gasteiger partial charge in [0.25, 0.3) is 5.91 Å². The summed E-state index contributed by atoms with van der Waals surface area (Å²) >= 11 is -1.76. The molecule has 2 unspecified atom stereocenters. The van der Waals surface area contributed by atoms with Gasteiger partial charge in [0.15, 0.2) is 11.6 Å². The minimum Gasteiger partial charge on any atom is -0.592 e. The van der Waals surface area contributed by atoms with Crippen LogP contribution in [0.2, 0.25) is 0 Å². The average molecular weight is 470 g/mol. The lowest BCUT2D eigenvalue weighted by atomic mass is 9.98. The van der Waals surface area contributed by atoms with Crippen molar-refractivity contribution in [1.82, 2.24) is 5.32 Å². The Bertz CT molecular complexity index is 1200. The molecule has 0 radical (unpaired) electrons. The highest BCUT2D eigenvalue weighted by molar-refractivity contribution is 7.94. The number of hydrogen-bond acceptors (Lipinski definition) is 5. The van der Waals surface area contributed by atoms with Gasteiger partial charge in [-0.2, -0.15) is 0 Å². The summed E-state index contributed by atoms with van der Waals surface area (Å²) in [5.41, 5.74) is 2.07. The minimum atomic E-state index is -1.76. The summed E-state index contributed by atoms with van der Waals surface area (Å²) in [7, 11) is 1.57. The third-order valence-corrected chi connectivity index (χ3v) is 6.64. The fraction of sp³-hybridized carbons (Fsp3) is 0.167. The van der Waals surface area contributed by atoms with Crippen LogP contribution >= 0.6 is 0 Å². The summed E-state index contributed by atoms with van der Waals surface area (Å²) in [5.74, 6) is -2.13. The van der Waals surface area contributed by atoms with E-state index in [2.05, 4.69) is 10.0 Å². The van der Waals surface area contributed by atoms with Gasteiger partial charge in [0, 0.05) is 18.5 Å². The summed E-state index contributed by atoms with van der Waals surface area (Å²) in [6.45, 7) is 0.287. The van der Waals surface area contributed by atoms with Crippen LogP contribution in [0, 0.1) is 11.6 Å². The van der Waals surface area contributed by atoms with Crippen molar-refractivity contribution in [3.05, 3.63) is 94.6 Å². The van der Waals surface area contributed by atoms with Gasteiger partial charge >= 0.3 is 0 Å². The Balaban J connectivity index is 1.49. The molecule has 1 aliphatic rings. The van der Waals surface area contributed by atoms with Crippen molar-refractivity contribution in [3.8, 4) is 5.75 Å². The van der Waals surface area contributed by atoms with Crippen molar-refractivity contribution >= 4 is 28.7 Å².